The number of hydrogen-bond donors (Lipinski definition) is 3. The summed E-state index contributed by atoms with van der Waals surface area (Å²) in [6.07, 6.45) is 1.56. The molecule has 76 valence electrons. The van der Waals surface area contributed by atoms with Crippen molar-refractivity contribution < 1.29 is 9.90 Å². The van der Waals surface area contributed by atoms with Crippen molar-refractivity contribution in [3.8, 4) is 0 Å². The Hall–Kier alpha value is -0.610. The molecule has 0 aromatic heterocycles. The second-order valence-electron chi connectivity index (χ2n) is 4.12. The van der Waals surface area contributed by atoms with Crippen LogP contribution in [0.5, 0.6) is 0 Å². The second-order valence-corrected chi connectivity index (χ2v) is 4.12. The van der Waals surface area contributed by atoms with Crippen LogP contribution in [-0.2, 0) is 4.79 Å². The summed E-state index contributed by atoms with van der Waals surface area (Å²) in [7, 11) is 0. The van der Waals surface area contributed by atoms with Crippen LogP contribution in [0.1, 0.15) is 26.7 Å². The highest BCUT2D eigenvalue weighted by molar-refractivity contribution is 5.86. The zero-order valence-electron chi connectivity index (χ0n) is 8.21. The van der Waals surface area contributed by atoms with E-state index in [1.54, 1.807) is 13.8 Å². The van der Waals surface area contributed by atoms with Gasteiger partial charge in [0.15, 0.2) is 0 Å². The average Bonchev–Trinajstić information content (AvgIpc) is 2.81. The molecule has 0 aromatic carbocycles. The van der Waals surface area contributed by atoms with Crippen LogP contribution >= 0.6 is 0 Å². The van der Waals surface area contributed by atoms with Gasteiger partial charge in [-0.25, -0.2) is 0 Å². The van der Waals surface area contributed by atoms with Gasteiger partial charge in [-0.15, -0.1) is 0 Å². The highest BCUT2D eigenvalue weighted by Crippen LogP contribution is 2.37. The lowest BCUT2D eigenvalue weighted by molar-refractivity contribution is -0.126. The number of carbonyl (C=O) groups excluding carboxylic acids is 1. The Morgan fingerprint density at radius 2 is 2.31 bits per heavy atom. The molecular formula is C9H18N2O2. The number of carbonyl (C=O) groups is 1. The van der Waals surface area contributed by atoms with Crippen LogP contribution in [0.25, 0.3) is 0 Å². The van der Waals surface area contributed by atoms with Gasteiger partial charge in [-0.3, -0.25) is 4.79 Å². The van der Waals surface area contributed by atoms with Crippen molar-refractivity contribution in [1.29, 1.82) is 0 Å². The minimum atomic E-state index is -0.755. The highest BCUT2D eigenvalue weighted by atomic mass is 16.3. The lowest BCUT2D eigenvalue weighted by Gasteiger charge is -2.23. The van der Waals surface area contributed by atoms with E-state index in [-0.39, 0.29) is 12.5 Å². The molecule has 1 fully saturated rings. The maximum atomic E-state index is 11.5. The Kier molecular flexibility index (Phi) is 2.93. The summed E-state index contributed by atoms with van der Waals surface area (Å²) in [4.78, 5) is 11.5. The minimum absolute atomic E-state index is 0.157. The normalized spacial score (nSPS) is 23.4. The van der Waals surface area contributed by atoms with Crippen molar-refractivity contribution in [3.63, 3.8) is 0 Å². The first kappa shape index (κ1) is 10.5. The van der Waals surface area contributed by atoms with Crippen LogP contribution in [0.2, 0.25) is 0 Å². The molecule has 0 saturated heterocycles. The molecule has 1 aliphatic carbocycles. The average molecular weight is 186 g/mol. The summed E-state index contributed by atoms with van der Waals surface area (Å²) in [6, 6.07) is 0. The van der Waals surface area contributed by atoms with Crippen LogP contribution in [0.3, 0.4) is 0 Å². The Labute approximate surface area is 78.5 Å². The number of amides is 1. The zero-order valence-corrected chi connectivity index (χ0v) is 8.21. The van der Waals surface area contributed by atoms with E-state index < -0.39 is 11.6 Å². The lowest BCUT2D eigenvalue weighted by Crippen LogP contribution is -2.54. The van der Waals surface area contributed by atoms with E-state index in [4.69, 9.17) is 10.8 Å². The Balaban J connectivity index is 2.37. The smallest absolute Gasteiger partial charge is 0.240 e. The molecule has 0 aromatic rings. The van der Waals surface area contributed by atoms with Crippen molar-refractivity contribution in [1.82, 2.24) is 5.32 Å². The fourth-order valence-electron chi connectivity index (χ4n) is 1.30. The number of nitrogens with two attached hydrogens (primary N) is 1. The maximum Gasteiger partial charge on any atom is 0.240 e. The summed E-state index contributed by atoms with van der Waals surface area (Å²) in [5, 5.41) is 11.6. The van der Waals surface area contributed by atoms with Gasteiger partial charge in [-0.2, -0.15) is 0 Å². The molecular weight excluding hydrogens is 168 g/mol. The monoisotopic (exact) mass is 186 g/mol. The molecule has 4 N–H and O–H groups in total. The third-order valence-electron chi connectivity index (χ3n) is 2.47. The second kappa shape index (κ2) is 3.64. The molecule has 1 rings (SSSR count). The third kappa shape index (κ3) is 2.67. The van der Waals surface area contributed by atoms with Crippen molar-refractivity contribution in [2.24, 2.45) is 11.7 Å². The van der Waals surface area contributed by atoms with Gasteiger partial charge in [0.2, 0.25) is 5.91 Å². The van der Waals surface area contributed by atoms with Crippen LogP contribution in [-0.4, -0.2) is 29.2 Å². The third-order valence-corrected chi connectivity index (χ3v) is 2.47. The minimum Gasteiger partial charge on any atom is -0.392 e. The quantitative estimate of drug-likeness (QED) is 0.559. The molecule has 2 atom stereocenters. The summed E-state index contributed by atoms with van der Waals surface area (Å²) in [5.41, 5.74) is 5.10. The van der Waals surface area contributed by atoms with E-state index >= 15 is 0 Å². The van der Waals surface area contributed by atoms with E-state index in [0.717, 1.165) is 12.8 Å². The van der Waals surface area contributed by atoms with Crippen molar-refractivity contribution >= 4 is 5.91 Å². The fraction of sp³-hybridized carbons (Fsp3) is 0.889. The number of aliphatic hydroxyl groups excluding tert-OH is 1. The lowest BCUT2D eigenvalue weighted by atomic mass is 9.96. The van der Waals surface area contributed by atoms with E-state index in [1.165, 1.54) is 0 Å². The number of aliphatic hydroxyl groups is 1. The van der Waals surface area contributed by atoms with Gasteiger partial charge in [0.05, 0.1) is 11.6 Å². The Morgan fingerprint density at radius 3 is 2.69 bits per heavy atom. The van der Waals surface area contributed by atoms with Crippen molar-refractivity contribution in [2.45, 2.75) is 38.3 Å². The first-order valence-corrected chi connectivity index (χ1v) is 4.70. The molecule has 0 aliphatic heterocycles. The van der Waals surface area contributed by atoms with Crippen molar-refractivity contribution in [3.05, 3.63) is 0 Å². The highest BCUT2D eigenvalue weighted by Gasteiger charge is 2.43. The summed E-state index contributed by atoms with van der Waals surface area (Å²) >= 11 is 0. The molecule has 0 radical (unpaired) electrons. The molecule has 1 aliphatic rings. The van der Waals surface area contributed by atoms with Crippen molar-refractivity contribution in [2.75, 3.05) is 6.54 Å². The first-order valence-electron chi connectivity index (χ1n) is 4.70. The molecule has 2 unspecified atom stereocenters. The number of hydrogen-bond acceptors (Lipinski definition) is 3. The SMILES string of the molecule is CC(O)CNC(=O)C(C)(N)C1CC1. The molecule has 0 spiro atoms. The molecule has 1 amide bonds. The van der Waals surface area contributed by atoms with E-state index in [9.17, 15) is 4.79 Å². The summed E-state index contributed by atoms with van der Waals surface area (Å²) in [5.74, 6) is 0.164. The molecule has 0 bridgehead atoms. The van der Waals surface area contributed by atoms with E-state index in [2.05, 4.69) is 5.32 Å². The van der Waals surface area contributed by atoms with E-state index in [1.807, 2.05) is 0 Å². The number of rotatable bonds is 4. The predicted molar refractivity (Wildman–Crippen MR) is 50.0 cm³/mol. The fourth-order valence-corrected chi connectivity index (χ4v) is 1.30. The van der Waals surface area contributed by atoms with Gasteiger partial charge in [0, 0.05) is 6.54 Å². The van der Waals surface area contributed by atoms with Gasteiger partial charge < -0.3 is 16.2 Å². The maximum absolute atomic E-state index is 11.5. The van der Waals surface area contributed by atoms with Crippen LogP contribution in [0.4, 0.5) is 0 Å². The van der Waals surface area contributed by atoms with Gasteiger partial charge in [-0.1, -0.05) is 0 Å². The topological polar surface area (TPSA) is 75.3 Å². The zero-order chi connectivity index (χ0) is 10.1. The van der Waals surface area contributed by atoms with Gasteiger partial charge >= 0.3 is 0 Å². The standard InChI is InChI=1S/C9H18N2O2/c1-6(12)5-11-8(13)9(2,10)7-3-4-7/h6-7,12H,3-5,10H2,1-2H3,(H,11,13). The Bertz CT molecular complexity index is 198. The molecule has 4 heteroatoms. The molecule has 1 saturated carbocycles. The largest absolute Gasteiger partial charge is 0.392 e. The molecule has 4 nitrogen and oxygen atoms in total. The summed E-state index contributed by atoms with van der Waals surface area (Å²) < 4.78 is 0. The van der Waals surface area contributed by atoms with Gasteiger partial charge in [0.1, 0.15) is 0 Å². The number of nitrogens with one attached hydrogen (secondary N) is 1. The van der Waals surface area contributed by atoms with Gasteiger partial charge in [-0.05, 0) is 32.6 Å². The first-order chi connectivity index (χ1) is 5.94. The molecule has 0 heterocycles. The van der Waals surface area contributed by atoms with Crippen LogP contribution in [0.15, 0.2) is 0 Å². The summed E-state index contributed by atoms with van der Waals surface area (Å²) in [6.45, 7) is 3.66. The van der Waals surface area contributed by atoms with Crippen LogP contribution in [0, 0.1) is 5.92 Å². The van der Waals surface area contributed by atoms with Gasteiger partial charge in [0.25, 0.3) is 0 Å². The predicted octanol–water partition coefficient (Wildman–Crippen LogP) is -0.389. The van der Waals surface area contributed by atoms with Crippen LogP contribution < -0.4 is 11.1 Å². The molecule has 13 heavy (non-hydrogen) atoms. The van der Waals surface area contributed by atoms with E-state index in [0.29, 0.717) is 5.92 Å². The Morgan fingerprint density at radius 1 is 1.77 bits per heavy atom.